The molecule has 0 radical (unpaired) electrons. The standard InChI is InChI=1S/2C9H14O/c2*1-2-3-4-5-6-7-8-9-10/h2*3-4,7-9H,2,5-6H2,1H3. The number of carbonyl (C=O) groups is 2. The number of allylic oxidation sites excluding steroid dienone is 8. The molecule has 0 bridgehead atoms. The smallest absolute Gasteiger partial charge is 0.142 e. The van der Waals surface area contributed by atoms with Crippen molar-refractivity contribution in [3.63, 3.8) is 0 Å². The van der Waals surface area contributed by atoms with E-state index >= 15 is 0 Å². The Morgan fingerprint density at radius 2 is 0.900 bits per heavy atom. The monoisotopic (exact) mass is 276 g/mol. The van der Waals surface area contributed by atoms with E-state index < -0.39 is 0 Å². The zero-order chi connectivity index (χ0) is 15.3. The van der Waals surface area contributed by atoms with Gasteiger partial charge in [0.15, 0.2) is 0 Å². The van der Waals surface area contributed by atoms with Gasteiger partial charge < -0.3 is 0 Å². The summed E-state index contributed by atoms with van der Waals surface area (Å²) >= 11 is 0. The fourth-order valence-corrected chi connectivity index (χ4v) is 1.26. The topological polar surface area (TPSA) is 34.1 Å². The second-order valence-electron chi connectivity index (χ2n) is 4.04. The predicted octanol–water partition coefficient (Wildman–Crippen LogP) is 4.98. The molecule has 0 aromatic rings. The van der Waals surface area contributed by atoms with Gasteiger partial charge in [-0.25, -0.2) is 0 Å². The van der Waals surface area contributed by atoms with Crippen LogP contribution < -0.4 is 0 Å². The van der Waals surface area contributed by atoms with Gasteiger partial charge in [-0.2, -0.15) is 0 Å². The molecule has 0 N–H and O–H groups in total. The van der Waals surface area contributed by atoms with Crippen molar-refractivity contribution in [2.75, 3.05) is 0 Å². The van der Waals surface area contributed by atoms with Crippen molar-refractivity contribution >= 4 is 12.6 Å². The van der Waals surface area contributed by atoms with Crippen LogP contribution in [0.3, 0.4) is 0 Å². The van der Waals surface area contributed by atoms with Crippen molar-refractivity contribution in [2.24, 2.45) is 0 Å². The second kappa shape index (κ2) is 22.5. The minimum atomic E-state index is 0.809. The summed E-state index contributed by atoms with van der Waals surface area (Å²) < 4.78 is 0. The maximum atomic E-state index is 9.79. The van der Waals surface area contributed by atoms with E-state index in [1.54, 1.807) is 12.2 Å². The maximum absolute atomic E-state index is 9.79. The van der Waals surface area contributed by atoms with Gasteiger partial charge in [-0.1, -0.05) is 50.3 Å². The molecule has 0 aromatic heterocycles. The van der Waals surface area contributed by atoms with Gasteiger partial charge >= 0.3 is 0 Å². The zero-order valence-electron chi connectivity index (χ0n) is 12.8. The summed E-state index contributed by atoms with van der Waals surface area (Å²) in [5.74, 6) is 0. The van der Waals surface area contributed by atoms with Crippen molar-refractivity contribution in [1.29, 1.82) is 0 Å². The molecule has 0 fully saturated rings. The quantitative estimate of drug-likeness (QED) is 0.244. The fraction of sp³-hybridized carbons (Fsp3) is 0.444. The van der Waals surface area contributed by atoms with E-state index in [0.717, 1.165) is 51.1 Å². The van der Waals surface area contributed by atoms with Crippen LogP contribution in [0.5, 0.6) is 0 Å². The number of aldehydes is 2. The van der Waals surface area contributed by atoms with Crippen LogP contribution in [0, 0.1) is 0 Å². The van der Waals surface area contributed by atoms with Crippen LogP contribution in [0.4, 0.5) is 0 Å². The molecule has 0 saturated carbocycles. The van der Waals surface area contributed by atoms with Crippen LogP contribution >= 0.6 is 0 Å². The highest BCUT2D eigenvalue weighted by Crippen LogP contribution is 1.93. The predicted molar refractivity (Wildman–Crippen MR) is 87.7 cm³/mol. The van der Waals surface area contributed by atoms with Crippen LogP contribution in [-0.2, 0) is 9.59 Å². The highest BCUT2D eigenvalue weighted by Gasteiger charge is 1.74. The van der Waals surface area contributed by atoms with Crippen LogP contribution in [-0.4, -0.2) is 12.6 Å². The van der Waals surface area contributed by atoms with Crippen LogP contribution in [0.25, 0.3) is 0 Å². The summed E-state index contributed by atoms with van der Waals surface area (Å²) in [6.07, 6.45) is 23.2. The molecule has 2 nitrogen and oxygen atoms in total. The Hall–Kier alpha value is -1.70. The van der Waals surface area contributed by atoms with E-state index in [-0.39, 0.29) is 0 Å². The number of hydrogen-bond donors (Lipinski definition) is 0. The molecule has 0 spiro atoms. The first kappa shape index (κ1) is 20.6. The van der Waals surface area contributed by atoms with E-state index in [2.05, 4.69) is 38.2 Å². The summed E-state index contributed by atoms with van der Waals surface area (Å²) in [5, 5.41) is 0. The zero-order valence-corrected chi connectivity index (χ0v) is 12.8. The van der Waals surface area contributed by atoms with E-state index in [4.69, 9.17) is 0 Å². The lowest BCUT2D eigenvalue weighted by Gasteiger charge is -1.83. The Bertz CT molecular complexity index is 277. The van der Waals surface area contributed by atoms with Gasteiger partial charge in [0.1, 0.15) is 12.6 Å². The summed E-state index contributed by atoms with van der Waals surface area (Å²) in [7, 11) is 0. The third-order valence-corrected chi connectivity index (χ3v) is 2.23. The lowest BCUT2D eigenvalue weighted by Crippen LogP contribution is -1.65. The van der Waals surface area contributed by atoms with Crippen LogP contribution in [0.2, 0.25) is 0 Å². The molecule has 0 aromatic carbocycles. The molecule has 0 aliphatic heterocycles. The van der Waals surface area contributed by atoms with E-state index in [1.165, 1.54) is 0 Å². The molecule has 0 saturated heterocycles. The Balaban J connectivity index is 0. The van der Waals surface area contributed by atoms with Gasteiger partial charge in [0.2, 0.25) is 0 Å². The molecular weight excluding hydrogens is 248 g/mol. The first-order valence-electron chi connectivity index (χ1n) is 7.34. The molecule has 0 aliphatic rings. The Morgan fingerprint density at radius 1 is 0.550 bits per heavy atom. The average Bonchev–Trinajstić information content (AvgIpc) is 2.47. The molecule has 112 valence electrons. The van der Waals surface area contributed by atoms with Gasteiger partial charge in [-0.05, 0) is 50.7 Å². The van der Waals surface area contributed by atoms with Crippen molar-refractivity contribution in [3.8, 4) is 0 Å². The summed E-state index contributed by atoms with van der Waals surface area (Å²) in [6.45, 7) is 4.22. The van der Waals surface area contributed by atoms with Crippen molar-refractivity contribution in [2.45, 2.75) is 52.4 Å². The Morgan fingerprint density at radius 3 is 1.20 bits per heavy atom. The van der Waals surface area contributed by atoms with Crippen LogP contribution in [0.15, 0.2) is 48.6 Å². The molecule has 2 heteroatoms. The second-order valence-corrected chi connectivity index (χ2v) is 4.04. The lowest BCUT2D eigenvalue weighted by molar-refractivity contribution is -0.104. The van der Waals surface area contributed by atoms with Gasteiger partial charge in [0.05, 0.1) is 0 Å². The van der Waals surface area contributed by atoms with Gasteiger partial charge in [-0.15, -0.1) is 0 Å². The lowest BCUT2D eigenvalue weighted by atomic mass is 10.2. The van der Waals surface area contributed by atoms with E-state index in [1.807, 2.05) is 12.2 Å². The van der Waals surface area contributed by atoms with Gasteiger partial charge in [0.25, 0.3) is 0 Å². The van der Waals surface area contributed by atoms with Crippen molar-refractivity contribution < 1.29 is 9.59 Å². The van der Waals surface area contributed by atoms with Crippen LogP contribution in [0.1, 0.15) is 52.4 Å². The number of unbranched alkanes of at least 4 members (excludes halogenated alkanes) is 2. The molecule has 0 heterocycles. The first-order valence-corrected chi connectivity index (χ1v) is 7.34. The number of hydrogen-bond acceptors (Lipinski definition) is 2. The van der Waals surface area contributed by atoms with E-state index in [9.17, 15) is 9.59 Å². The normalized spacial score (nSPS) is 11.3. The number of rotatable bonds is 10. The molecule has 0 atom stereocenters. The molecule has 0 aliphatic carbocycles. The first-order chi connectivity index (χ1) is 9.83. The fourth-order valence-electron chi connectivity index (χ4n) is 1.26. The van der Waals surface area contributed by atoms with Gasteiger partial charge in [-0.3, -0.25) is 9.59 Å². The Labute approximate surface area is 124 Å². The van der Waals surface area contributed by atoms with E-state index in [0.29, 0.717) is 0 Å². The third kappa shape index (κ3) is 25.2. The minimum Gasteiger partial charge on any atom is -0.299 e. The summed E-state index contributed by atoms with van der Waals surface area (Å²) in [5.41, 5.74) is 0. The summed E-state index contributed by atoms with van der Waals surface area (Å²) in [6, 6.07) is 0. The average molecular weight is 276 g/mol. The maximum Gasteiger partial charge on any atom is 0.142 e. The molecule has 0 amide bonds. The number of carbonyl (C=O) groups excluding carboxylic acids is 2. The Kier molecular flexibility index (Phi) is 23.2. The molecular formula is C18H28O2. The molecule has 0 unspecified atom stereocenters. The third-order valence-electron chi connectivity index (χ3n) is 2.23. The molecule has 20 heavy (non-hydrogen) atoms. The van der Waals surface area contributed by atoms with Gasteiger partial charge in [0, 0.05) is 0 Å². The van der Waals surface area contributed by atoms with Crippen molar-refractivity contribution in [1.82, 2.24) is 0 Å². The highest BCUT2D eigenvalue weighted by molar-refractivity contribution is 5.64. The summed E-state index contributed by atoms with van der Waals surface area (Å²) in [4.78, 5) is 19.6. The van der Waals surface area contributed by atoms with Crippen molar-refractivity contribution in [3.05, 3.63) is 48.6 Å². The SMILES string of the molecule is CCC=CCCC=CC=O.CCC=CCCC=CC=O. The molecule has 0 rings (SSSR count). The minimum absolute atomic E-state index is 0.809. The largest absolute Gasteiger partial charge is 0.299 e. The highest BCUT2D eigenvalue weighted by atomic mass is 16.1.